The Morgan fingerprint density at radius 3 is 2.38 bits per heavy atom. The topological polar surface area (TPSA) is 12.0 Å². The molecule has 0 spiro atoms. The molecule has 0 radical (unpaired) electrons. The fourth-order valence-corrected chi connectivity index (χ4v) is 2.95. The molecule has 0 aliphatic heterocycles. The van der Waals surface area contributed by atoms with Crippen LogP contribution in [-0.2, 0) is 0 Å². The van der Waals surface area contributed by atoms with E-state index in [1.807, 2.05) is 18.2 Å². The van der Waals surface area contributed by atoms with Crippen molar-refractivity contribution in [3.05, 3.63) is 69.2 Å². The van der Waals surface area contributed by atoms with Crippen LogP contribution >= 0.6 is 23.2 Å². The molecule has 0 aliphatic carbocycles. The highest BCUT2D eigenvalue weighted by Gasteiger charge is 2.15. The van der Waals surface area contributed by atoms with Gasteiger partial charge >= 0.3 is 0 Å². The van der Waals surface area contributed by atoms with Gasteiger partial charge in [0.05, 0.1) is 10.0 Å². The maximum Gasteiger partial charge on any atom is 0.0595 e. The van der Waals surface area contributed by atoms with Crippen molar-refractivity contribution in [3.8, 4) is 0 Å². The number of benzene rings is 2. The highest BCUT2D eigenvalue weighted by molar-refractivity contribution is 6.42. The van der Waals surface area contributed by atoms with Gasteiger partial charge in [0.25, 0.3) is 0 Å². The molecule has 2 aromatic rings. The van der Waals surface area contributed by atoms with Crippen LogP contribution in [0.2, 0.25) is 10.0 Å². The average molecular weight is 322 g/mol. The first kappa shape index (κ1) is 16.4. The summed E-state index contributed by atoms with van der Waals surface area (Å²) in [6, 6.07) is 14.9. The van der Waals surface area contributed by atoms with Gasteiger partial charge < -0.3 is 5.32 Å². The van der Waals surface area contributed by atoms with Crippen LogP contribution in [0.5, 0.6) is 0 Å². The van der Waals surface area contributed by atoms with Crippen LogP contribution in [-0.4, -0.2) is 0 Å². The number of aryl methyl sites for hydroxylation is 1. The molecule has 0 bridgehead atoms. The van der Waals surface area contributed by atoms with Crippen LogP contribution in [0.1, 0.15) is 49.0 Å². The van der Waals surface area contributed by atoms with Crippen molar-refractivity contribution in [2.45, 2.75) is 39.3 Å². The number of rotatable bonds is 5. The third-order valence-electron chi connectivity index (χ3n) is 3.86. The second kappa shape index (κ2) is 7.31. The van der Waals surface area contributed by atoms with E-state index in [1.54, 1.807) is 0 Å². The summed E-state index contributed by atoms with van der Waals surface area (Å²) in [6.07, 6.45) is 0.994. The highest BCUT2D eigenvalue weighted by atomic mass is 35.5. The van der Waals surface area contributed by atoms with Crippen LogP contribution in [0.25, 0.3) is 0 Å². The van der Waals surface area contributed by atoms with Gasteiger partial charge in [-0.3, -0.25) is 0 Å². The highest BCUT2D eigenvalue weighted by Crippen LogP contribution is 2.29. The van der Waals surface area contributed by atoms with Crippen molar-refractivity contribution in [2.75, 3.05) is 0 Å². The quantitative estimate of drug-likeness (QED) is 0.701. The number of nitrogens with one attached hydrogen (secondary N) is 1. The summed E-state index contributed by atoms with van der Waals surface area (Å²) in [5.74, 6) is 0. The standard InChI is InChI=1S/C18H21Cl2N/c1-4-18(14-9-10-16(19)17(20)11-14)21-13(3)15-8-6-5-7-12(15)2/h5-11,13,18,21H,4H2,1-3H3/t13-,18?/m1/s1. The summed E-state index contributed by atoms with van der Waals surface area (Å²) in [6.45, 7) is 6.51. The van der Waals surface area contributed by atoms with E-state index >= 15 is 0 Å². The second-order valence-electron chi connectivity index (χ2n) is 5.38. The molecule has 0 saturated carbocycles. The van der Waals surface area contributed by atoms with E-state index in [0.29, 0.717) is 10.0 Å². The summed E-state index contributed by atoms with van der Waals surface area (Å²) in [4.78, 5) is 0. The summed E-state index contributed by atoms with van der Waals surface area (Å²) >= 11 is 12.1. The first-order valence-corrected chi connectivity index (χ1v) is 8.05. The third-order valence-corrected chi connectivity index (χ3v) is 4.60. The van der Waals surface area contributed by atoms with Crippen LogP contribution in [0.3, 0.4) is 0 Å². The summed E-state index contributed by atoms with van der Waals surface area (Å²) in [5.41, 5.74) is 3.81. The zero-order chi connectivity index (χ0) is 15.4. The van der Waals surface area contributed by atoms with E-state index in [9.17, 15) is 0 Å². The fraction of sp³-hybridized carbons (Fsp3) is 0.333. The molecule has 21 heavy (non-hydrogen) atoms. The van der Waals surface area contributed by atoms with E-state index in [1.165, 1.54) is 16.7 Å². The molecule has 1 nitrogen and oxygen atoms in total. The zero-order valence-electron chi connectivity index (χ0n) is 12.7. The van der Waals surface area contributed by atoms with E-state index in [0.717, 1.165) is 6.42 Å². The lowest BCUT2D eigenvalue weighted by atomic mass is 9.99. The predicted molar refractivity (Wildman–Crippen MR) is 92.2 cm³/mol. The molecule has 0 saturated heterocycles. The van der Waals surface area contributed by atoms with Gasteiger partial charge in [0, 0.05) is 12.1 Å². The predicted octanol–water partition coefficient (Wildman–Crippen LogP) is 6.10. The molecule has 1 N–H and O–H groups in total. The van der Waals surface area contributed by atoms with Gasteiger partial charge in [-0.25, -0.2) is 0 Å². The summed E-state index contributed by atoms with van der Waals surface area (Å²) in [7, 11) is 0. The van der Waals surface area contributed by atoms with Crippen molar-refractivity contribution in [3.63, 3.8) is 0 Å². The van der Waals surface area contributed by atoms with Gasteiger partial charge in [-0.2, -0.15) is 0 Å². The SMILES string of the molecule is CCC(N[C@H](C)c1ccccc1C)c1ccc(Cl)c(Cl)c1. The molecular formula is C18H21Cl2N. The van der Waals surface area contributed by atoms with E-state index < -0.39 is 0 Å². The molecule has 0 fully saturated rings. The fourth-order valence-electron chi connectivity index (χ4n) is 2.64. The number of hydrogen-bond donors (Lipinski definition) is 1. The molecule has 0 amide bonds. The lowest BCUT2D eigenvalue weighted by Crippen LogP contribution is -2.24. The summed E-state index contributed by atoms with van der Waals surface area (Å²) in [5, 5.41) is 4.89. The number of halogens is 2. The van der Waals surface area contributed by atoms with Gasteiger partial charge in [0.2, 0.25) is 0 Å². The Balaban J connectivity index is 2.19. The maximum absolute atomic E-state index is 6.13. The van der Waals surface area contributed by atoms with Gasteiger partial charge in [-0.05, 0) is 49.1 Å². The molecule has 3 heteroatoms. The van der Waals surface area contributed by atoms with Crippen molar-refractivity contribution in [1.29, 1.82) is 0 Å². The Bertz CT molecular complexity index is 610. The van der Waals surface area contributed by atoms with Crippen LogP contribution in [0.15, 0.2) is 42.5 Å². The molecule has 2 rings (SSSR count). The first-order valence-electron chi connectivity index (χ1n) is 7.29. The van der Waals surface area contributed by atoms with E-state index in [2.05, 4.69) is 50.4 Å². The first-order chi connectivity index (χ1) is 10.0. The Hall–Kier alpha value is -1.02. The van der Waals surface area contributed by atoms with E-state index in [-0.39, 0.29) is 12.1 Å². The second-order valence-corrected chi connectivity index (χ2v) is 6.19. The van der Waals surface area contributed by atoms with Crippen LogP contribution in [0, 0.1) is 6.92 Å². The van der Waals surface area contributed by atoms with Crippen molar-refractivity contribution in [2.24, 2.45) is 0 Å². The molecule has 0 heterocycles. The van der Waals surface area contributed by atoms with E-state index in [4.69, 9.17) is 23.2 Å². The van der Waals surface area contributed by atoms with Crippen LogP contribution in [0.4, 0.5) is 0 Å². The maximum atomic E-state index is 6.13. The molecule has 0 aromatic heterocycles. The minimum Gasteiger partial charge on any atom is -0.303 e. The van der Waals surface area contributed by atoms with Gasteiger partial charge in [-0.15, -0.1) is 0 Å². The average Bonchev–Trinajstić information content (AvgIpc) is 2.48. The van der Waals surface area contributed by atoms with Gasteiger partial charge in [0.1, 0.15) is 0 Å². The smallest absolute Gasteiger partial charge is 0.0595 e. The minimum atomic E-state index is 0.259. The lowest BCUT2D eigenvalue weighted by Gasteiger charge is -2.24. The monoisotopic (exact) mass is 321 g/mol. The Morgan fingerprint density at radius 1 is 1.05 bits per heavy atom. The van der Waals surface area contributed by atoms with Crippen molar-refractivity contribution >= 4 is 23.2 Å². The zero-order valence-corrected chi connectivity index (χ0v) is 14.2. The van der Waals surface area contributed by atoms with Gasteiger partial charge in [0.15, 0.2) is 0 Å². The van der Waals surface area contributed by atoms with Crippen molar-refractivity contribution < 1.29 is 0 Å². The largest absolute Gasteiger partial charge is 0.303 e. The molecule has 0 aliphatic rings. The minimum absolute atomic E-state index is 0.259. The molecule has 112 valence electrons. The van der Waals surface area contributed by atoms with Crippen molar-refractivity contribution in [1.82, 2.24) is 5.32 Å². The van der Waals surface area contributed by atoms with Crippen LogP contribution < -0.4 is 5.32 Å². The Morgan fingerprint density at radius 2 is 1.76 bits per heavy atom. The molecule has 2 atom stereocenters. The third kappa shape index (κ3) is 4.00. The molecular weight excluding hydrogens is 301 g/mol. The normalized spacial score (nSPS) is 14.0. The lowest BCUT2D eigenvalue weighted by molar-refractivity contribution is 0.455. The van der Waals surface area contributed by atoms with Gasteiger partial charge in [-0.1, -0.05) is 60.5 Å². The number of hydrogen-bond acceptors (Lipinski definition) is 1. The molecule has 2 aromatic carbocycles. The Kier molecular flexibility index (Phi) is 5.69. The molecule has 1 unspecified atom stereocenters. The summed E-state index contributed by atoms with van der Waals surface area (Å²) < 4.78 is 0. The Labute approximate surface area is 137 Å².